The fraction of sp³-hybridized carbons (Fsp3) is 0.846. The van der Waals surface area contributed by atoms with Crippen molar-refractivity contribution in [1.82, 2.24) is 10.2 Å². The monoisotopic (exact) mass is 256 g/mol. The van der Waals surface area contributed by atoms with Crippen molar-refractivity contribution >= 4 is 11.8 Å². The van der Waals surface area contributed by atoms with Gasteiger partial charge in [0.05, 0.1) is 6.54 Å². The lowest BCUT2D eigenvalue weighted by Gasteiger charge is -2.24. The van der Waals surface area contributed by atoms with Gasteiger partial charge in [-0.15, -0.1) is 0 Å². The molecule has 1 fully saturated rings. The second-order valence-electron chi connectivity index (χ2n) is 4.68. The number of nitrogens with one attached hydrogen (secondary N) is 1. The molecule has 18 heavy (non-hydrogen) atoms. The zero-order valence-corrected chi connectivity index (χ0v) is 11.2. The SMILES string of the molecule is COCCCNC(=O)CN1CCCCCCC1=O. The van der Waals surface area contributed by atoms with E-state index in [2.05, 4.69) is 5.32 Å². The minimum absolute atomic E-state index is 0.0694. The molecule has 0 radical (unpaired) electrons. The first-order valence-corrected chi connectivity index (χ1v) is 6.77. The number of likely N-dealkylation sites (tertiary alicyclic amines) is 1. The number of carbonyl (C=O) groups is 2. The molecular formula is C13H24N2O3. The highest BCUT2D eigenvalue weighted by atomic mass is 16.5. The fourth-order valence-electron chi connectivity index (χ4n) is 2.06. The molecular weight excluding hydrogens is 232 g/mol. The average Bonchev–Trinajstić information content (AvgIpc) is 2.34. The number of amides is 2. The summed E-state index contributed by atoms with van der Waals surface area (Å²) in [6.45, 7) is 2.16. The van der Waals surface area contributed by atoms with E-state index in [0.717, 1.165) is 32.1 Å². The molecule has 104 valence electrons. The molecule has 1 aliphatic heterocycles. The number of methoxy groups -OCH3 is 1. The highest BCUT2D eigenvalue weighted by Crippen LogP contribution is 2.11. The second-order valence-corrected chi connectivity index (χ2v) is 4.68. The maximum atomic E-state index is 11.8. The number of ether oxygens (including phenoxy) is 1. The first kappa shape index (κ1) is 15.0. The van der Waals surface area contributed by atoms with E-state index in [0.29, 0.717) is 26.1 Å². The van der Waals surface area contributed by atoms with E-state index in [1.54, 1.807) is 12.0 Å². The number of rotatable bonds is 6. The number of carbonyl (C=O) groups excluding carboxylic acids is 2. The second kappa shape index (κ2) is 8.91. The van der Waals surface area contributed by atoms with Crippen LogP contribution in [0.5, 0.6) is 0 Å². The molecule has 0 aromatic rings. The lowest BCUT2D eigenvalue weighted by atomic mass is 10.1. The molecule has 1 N–H and O–H groups in total. The number of hydrogen-bond donors (Lipinski definition) is 1. The maximum absolute atomic E-state index is 11.8. The summed E-state index contributed by atoms with van der Waals surface area (Å²) in [6.07, 6.45) is 5.61. The van der Waals surface area contributed by atoms with Crippen LogP contribution in [0, 0.1) is 0 Å². The topological polar surface area (TPSA) is 58.6 Å². The third-order valence-corrected chi connectivity index (χ3v) is 3.10. The van der Waals surface area contributed by atoms with E-state index >= 15 is 0 Å². The van der Waals surface area contributed by atoms with Gasteiger partial charge in [0.1, 0.15) is 0 Å². The Bertz CT molecular complexity index is 269. The Morgan fingerprint density at radius 2 is 2.11 bits per heavy atom. The minimum atomic E-state index is -0.0694. The Labute approximate surface area is 109 Å². The Hall–Kier alpha value is -1.10. The molecule has 0 atom stereocenters. The molecule has 2 amide bonds. The van der Waals surface area contributed by atoms with Crippen molar-refractivity contribution in [2.24, 2.45) is 0 Å². The van der Waals surface area contributed by atoms with Gasteiger partial charge in [0.2, 0.25) is 11.8 Å². The molecule has 0 bridgehead atoms. The van der Waals surface area contributed by atoms with Gasteiger partial charge < -0.3 is 15.0 Å². The smallest absolute Gasteiger partial charge is 0.239 e. The van der Waals surface area contributed by atoms with Crippen LogP contribution in [-0.2, 0) is 14.3 Å². The van der Waals surface area contributed by atoms with Crippen molar-refractivity contribution in [3.8, 4) is 0 Å². The fourth-order valence-corrected chi connectivity index (χ4v) is 2.06. The molecule has 0 aromatic heterocycles. The van der Waals surface area contributed by atoms with E-state index < -0.39 is 0 Å². The van der Waals surface area contributed by atoms with Crippen LogP contribution in [0.3, 0.4) is 0 Å². The van der Waals surface area contributed by atoms with Crippen molar-refractivity contribution < 1.29 is 14.3 Å². The quantitative estimate of drug-likeness (QED) is 0.719. The summed E-state index contributed by atoms with van der Waals surface area (Å²) >= 11 is 0. The summed E-state index contributed by atoms with van der Waals surface area (Å²) in [4.78, 5) is 25.2. The van der Waals surface area contributed by atoms with Crippen molar-refractivity contribution in [1.29, 1.82) is 0 Å². The van der Waals surface area contributed by atoms with Crippen LogP contribution in [-0.4, -0.2) is 50.1 Å². The molecule has 1 saturated heterocycles. The molecule has 1 aliphatic rings. The zero-order valence-electron chi connectivity index (χ0n) is 11.2. The van der Waals surface area contributed by atoms with Gasteiger partial charge in [-0.05, 0) is 19.3 Å². The molecule has 5 nitrogen and oxygen atoms in total. The Balaban J connectivity index is 2.25. The molecule has 0 aromatic carbocycles. The van der Waals surface area contributed by atoms with Gasteiger partial charge in [-0.2, -0.15) is 0 Å². The van der Waals surface area contributed by atoms with E-state index in [9.17, 15) is 9.59 Å². The zero-order chi connectivity index (χ0) is 13.2. The first-order chi connectivity index (χ1) is 8.74. The van der Waals surface area contributed by atoms with Gasteiger partial charge in [0.15, 0.2) is 0 Å². The molecule has 1 heterocycles. The third kappa shape index (κ3) is 6.00. The van der Waals surface area contributed by atoms with Crippen molar-refractivity contribution in [2.45, 2.75) is 38.5 Å². The van der Waals surface area contributed by atoms with Gasteiger partial charge in [0.25, 0.3) is 0 Å². The first-order valence-electron chi connectivity index (χ1n) is 6.77. The van der Waals surface area contributed by atoms with Gasteiger partial charge in [0, 0.05) is 33.2 Å². The number of hydrogen-bond acceptors (Lipinski definition) is 3. The van der Waals surface area contributed by atoms with Crippen LogP contribution in [0.4, 0.5) is 0 Å². The van der Waals surface area contributed by atoms with E-state index in [1.165, 1.54) is 0 Å². The minimum Gasteiger partial charge on any atom is -0.385 e. The normalized spacial score (nSPS) is 17.2. The summed E-state index contributed by atoms with van der Waals surface area (Å²) in [7, 11) is 1.64. The maximum Gasteiger partial charge on any atom is 0.239 e. The van der Waals surface area contributed by atoms with Crippen LogP contribution >= 0.6 is 0 Å². The molecule has 0 aliphatic carbocycles. The predicted molar refractivity (Wildman–Crippen MR) is 69.2 cm³/mol. The van der Waals surface area contributed by atoms with E-state index in [1.807, 2.05) is 0 Å². The molecule has 0 unspecified atom stereocenters. The van der Waals surface area contributed by atoms with Crippen molar-refractivity contribution in [3.05, 3.63) is 0 Å². The molecule has 5 heteroatoms. The Morgan fingerprint density at radius 3 is 2.89 bits per heavy atom. The lowest BCUT2D eigenvalue weighted by molar-refractivity contribution is -0.136. The largest absolute Gasteiger partial charge is 0.385 e. The van der Waals surface area contributed by atoms with Gasteiger partial charge in [-0.1, -0.05) is 12.8 Å². The van der Waals surface area contributed by atoms with E-state index in [-0.39, 0.29) is 18.4 Å². The van der Waals surface area contributed by atoms with Crippen LogP contribution in [0.15, 0.2) is 0 Å². The summed E-state index contributed by atoms with van der Waals surface area (Å²) in [5.74, 6) is 0.0433. The molecule has 0 spiro atoms. The Kier molecular flexibility index (Phi) is 7.41. The Morgan fingerprint density at radius 1 is 1.33 bits per heavy atom. The molecule has 0 saturated carbocycles. The van der Waals surface area contributed by atoms with Crippen molar-refractivity contribution in [2.75, 3.05) is 33.4 Å². The van der Waals surface area contributed by atoms with Crippen molar-refractivity contribution in [3.63, 3.8) is 0 Å². The third-order valence-electron chi connectivity index (χ3n) is 3.10. The highest BCUT2D eigenvalue weighted by molar-refractivity contribution is 5.84. The van der Waals surface area contributed by atoms with Crippen LogP contribution < -0.4 is 5.32 Å². The van der Waals surface area contributed by atoms with E-state index in [4.69, 9.17) is 4.74 Å². The van der Waals surface area contributed by atoms with Crippen LogP contribution in [0.1, 0.15) is 38.5 Å². The average molecular weight is 256 g/mol. The van der Waals surface area contributed by atoms with Gasteiger partial charge >= 0.3 is 0 Å². The van der Waals surface area contributed by atoms with Gasteiger partial charge in [-0.25, -0.2) is 0 Å². The van der Waals surface area contributed by atoms with Gasteiger partial charge in [-0.3, -0.25) is 9.59 Å². The summed E-state index contributed by atoms with van der Waals surface area (Å²) in [5, 5.41) is 2.81. The summed E-state index contributed by atoms with van der Waals surface area (Å²) in [5.41, 5.74) is 0. The van der Waals surface area contributed by atoms with Crippen LogP contribution in [0.25, 0.3) is 0 Å². The molecule has 1 rings (SSSR count). The lowest BCUT2D eigenvalue weighted by Crippen LogP contribution is -2.42. The summed E-state index contributed by atoms with van der Waals surface area (Å²) < 4.78 is 4.91. The highest BCUT2D eigenvalue weighted by Gasteiger charge is 2.17. The summed E-state index contributed by atoms with van der Waals surface area (Å²) in [6, 6.07) is 0. The standard InChI is InChI=1S/C13H24N2O3/c1-18-10-6-8-14-12(16)11-15-9-5-3-2-4-7-13(15)17/h2-11H2,1H3,(H,14,16). The predicted octanol–water partition coefficient (Wildman–Crippen LogP) is 0.932. The number of nitrogens with zero attached hydrogens (tertiary/aromatic N) is 1. The van der Waals surface area contributed by atoms with Crippen LogP contribution in [0.2, 0.25) is 0 Å².